The summed E-state index contributed by atoms with van der Waals surface area (Å²) in [6, 6.07) is 10.6. The van der Waals surface area contributed by atoms with Gasteiger partial charge in [0.15, 0.2) is 0 Å². The van der Waals surface area contributed by atoms with Crippen molar-refractivity contribution in [2.24, 2.45) is 11.7 Å². The third-order valence-corrected chi connectivity index (χ3v) is 5.87. The van der Waals surface area contributed by atoms with Crippen molar-refractivity contribution in [3.05, 3.63) is 58.9 Å². The van der Waals surface area contributed by atoms with Gasteiger partial charge in [-0.2, -0.15) is 0 Å². The van der Waals surface area contributed by atoms with Crippen LogP contribution in [-0.2, 0) is 22.6 Å². The number of nitrogen functional groups attached to an aromatic ring is 1. The van der Waals surface area contributed by atoms with Crippen molar-refractivity contribution in [2.45, 2.75) is 38.9 Å². The van der Waals surface area contributed by atoms with Gasteiger partial charge in [0.1, 0.15) is 5.82 Å². The van der Waals surface area contributed by atoms with E-state index in [9.17, 15) is 9.59 Å². The minimum atomic E-state index is -0.527. The Morgan fingerprint density at radius 2 is 2.00 bits per heavy atom. The molecule has 0 saturated carbocycles. The van der Waals surface area contributed by atoms with Crippen molar-refractivity contribution in [1.82, 2.24) is 20.6 Å². The number of hydrogen-bond donors (Lipinski definition) is 5. The van der Waals surface area contributed by atoms with Gasteiger partial charge in [0.05, 0.1) is 18.0 Å². The zero-order valence-corrected chi connectivity index (χ0v) is 18.3. The van der Waals surface area contributed by atoms with Crippen LogP contribution in [0.1, 0.15) is 35.5 Å². The normalized spacial score (nSPS) is 18.6. The SMILES string of the molecule is Cc1nc(N)ccc1CNC(=O)[C@@H](C)C1NC(C(N)=O)Cc2c1[nH]c1ccccc21.Cl. The molecule has 2 unspecified atom stereocenters. The lowest BCUT2D eigenvalue weighted by Crippen LogP contribution is -2.51. The Bertz CT molecular complexity index is 1130. The second-order valence-electron chi connectivity index (χ2n) is 7.85. The number of aromatic amines is 1. The van der Waals surface area contributed by atoms with Gasteiger partial charge in [-0.25, -0.2) is 4.98 Å². The Morgan fingerprint density at radius 1 is 1.26 bits per heavy atom. The van der Waals surface area contributed by atoms with E-state index >= 15 is 0 Å². The van der Waals surface area contributed by atoms with Gasteiger partial charge in [0.2, 0.25) is 11.8 Å². The number of carbonyl (C=O) groups excluding carboxylic acids is 2. The molecule has 0 saturated heterocycles. The molecule has 164 valence electrons. The maximum Gasteiger partial charge on any atom is 0.234 e. The van der Waals surface area contributed by atoms with E-state index in [4.69, 9.17) is 11.5 Å². The van der Waals surface area contributed by atoms with Gasteiger partial charge in [-0.1, -0.05) is 31.2 Å². The lowest BCUT2D eigenvalue weighted by atomic mass is 9.87. The molecule has 3 heterocycles. The number of nitrogens with one attached hydrogen (secondary N) is 3. The van der Waals surface area contributed by atoms with Crippen molar-refractivity contribution in [3.63, 3.8) is 0 Å². The molecule has 1 aliphatic heterocycles. The van der Waals surface area contributed by atoms with E-state index in [0.717, 1.165) is 33.4 Å². The van der Waals surface area contributed by atoms with Crippen molar-refractivity contribution in [1.29, 1.82) is 0 Å². The highest BCUT2D eigenvalue weighted by atomic mass is 35.5. The highest BCUT2D eigenvalue weighted by molar-refractivity contribution is 5.89. The summed E-state index contributed by atoms with van der Waals surface area (Å²) in [4.78, 5) is 32.6. The lowest BCUT2D eigenvalue weighted by Gasteiger charge is -2.33. The van der Waals surface area contributed by atoms with Crippen LogP contribution >= 0.6 is 12.4 Å². The first-order valence-electron chi connectivity index (χ1n) is 9.99. The van der Waals surface area contributed by atoms with Crippen LogP contribution in [0.25, 0.3) is 10.9 Å². The topological polar surface area (TPSA) is 139 Å². The summed E-state index contributed by atoms with van der Waals surface area (Å²) in [6.07, 6.45) is 0.496. The number of nitrogens with two attached hydrogens (primary N) is 2. The fourth-order valence-electron chi connectivity index (χ4n) is 4.14. The van der Waals surface area contributed by atoms with Crippen LogP contribution in [0.5, 0.6) is 0 Å². The zero-order valence-electron chi connectivity index (χ0n) is 17.4. The van der Waals surface area contributed by atoms with Crippen LogP contribution < -0.4 is 22.1 Å². The number of amides is 2. The lowest BCUT2D eigenvalue weighted by molar-refractivity contribution is -0.127. The quantitative estimate of drug-likeness (QED) is 0.410. The number of benzene rings is 1. The highest BCUT2D eigenvalue weighted by Crippen LogP contribution is 2.35. The number of primary amides is 1. The van der Waals surface area contributed by atoms with Crippen LogP contribution in [0.15, 0.2) is 36.4 Å². The van der Waals surface area contributed by atoms with E-state index in [2.05, 4.69) is 20.6 Å². The fourth-order valence-corrected chi connectivity index (χ4v) is 4.14. The van der Waals surface area contributed by atoms with Crippen molar-refractivity contribution in [3.8, 4) is 0 Å². The molecule has 0 aliphatic carbocycles. The van der Waals surface area contributed by atoms with E-state index in [0.29, 0.717) is 18.8 Å². The second-order valence-corrected chi connectivity index (χ2v) is 7.85. The van der Waals surface area contributed by atoms with Gasteiger partial charge in [-0.05, 0) is 36.6 Å². The minimum Gasteiger partial charge on any atom is -0.384 e. The summed E-state index contributed by atoms with van der Waals surface area (Å²) in [7, 11) is 0. The molecule has 1 aromatic carbocycles. The average molecular weight is 443 g/mol. The number of nitrogens with zero attached hydrogens (tertiary/aromatic N) is 1. The maximum atomic E-state index is 13.0. The average Bonchev–Trinajstić information content (AvgIpc) is 3.10. The third-order valence-electron chi connectivity index (χ3n) is 5.87. The number of anilines is 1. The molecule has 9 heteroatoms. The first-order chi connectivity index (χ1) is 14.3. The van der Waals surface area contributed by atoms with E-state index in [1.54, 1.807) is 6.07 Å². The Kier molecular flexibility index (Phi) is 6.52. The number of para-hydroxylation sites is 1. The van der Waals surface area contributed by atoms with Gasteiger partial charge in [-0.15, -0.1) is 12.4 Å². The summed E-state index contributed by atoms with van der Waals surface area (Å²) in [6.45, 7) is 4.06. The first kappa shape index (κ1) is 22.6. The molecule has 0 bridgehead atoms. The van der Waals surface area contributed by atoms with Gasteiger partial charge in [0.25, 0.3) is 0 Å². The Balaban J connectivity index is 0.00000272. The second kappa shape index (κ2) is 8.95. The minimum absolute atomic E-state index is 0. The molecule has 31 heavy (non-hydrogen) atoms. The molecule has 1 aliphatic rings. The van der Waals surface area contributed by atoms with Crippen LogP contribution in [0.2, 0.25) is 0 Å². The van der Waals surface area contributed by atoms with Crippen LogP contribution in [0.3, 0.4) is 0 Å². The molecule has 2 amide bonds. The molecule has 7 N–H and O–H groups in total. The van der Waals surface area contributed by atoms with Crippen LogP contribution in [0, 0.1) is 12.8 Å². The molecule has 3 aromatic rings. The summed E-state index contributed by atoms with van der Waals surface area (Å²) in [5, 5.41) is 7.30. The van der Waals surface area contributed by atoms with E-state index in [1.807, 2.05) is 44.2 Å². The Morgan fingerprint density at radius 3 is 2.71 bits per heavy atom. The smallest absolute Gasteiger partial charge is 0.234 e. The summed E-state index contributed by atoms with van der Waals surface area (Å²) in [5.74, 6) is -0.530. The molecular weight excluding hydrogens is 416 g/mol. The maximum absolute atomic E-state index is 13.0. The number of aryl methyl sites for hydroxylation is 1. The number of H-pyrrole nitrogens is 1. The van der Waals surface area contributed by atoms with Crippen molar-refractivity contribution >= 4 is 40.9 Å². The molecule has 2 aromatic heterocycles. The molecule has 8 nitrogen and oxygen atoms in total. The van der Waals surface area contributed by atoms with Crippen molar-refractivity contribution < 1.29 is 9.59 Å². The monoisotopic (exact) mass is 442 g/mol. The summed E-state index contributed by atoms with van der Waals surface area (Å²) >= 11 is 0. The van der Waals surface area contributed by atoms with E-state index < -0.39 is 17.9 Å². The molecule has 0 radical (unpaired) electrons. The zero-order chi connectivity index (χ0) is 21.4. The number of fused-ring (bicyclic) bond motifs is 3. The van der Waals surface area contributed by atoms with Gasteiger partial charge in [-0.3, -0.25) is 14.9 Å². The Hall–Kier alpha value is -3.10. The number of hydrogen-bond acceptors (Lipinski definition) is 5. The molecular formula is C22H27ClN6O2. The van der Waals surface area contributed by atoms with E-state index in [1.165, 1.54) is 0 Å². The molecule has 0 spiro atoms. The molecule has 4 rings (SSSR count). The first-order valence-corrected chi connectivity index (χ1v) is 9.99. The number of carbonyl (C=O) groups is 2. The van der Waals surface area contributed by atoms with Crippen LogP contribution in [-0.4, -0.2) is 27.8 Å². The van der Waals surface area contributed by atoms with Gasteiger partial charge < -0.3 is 21.8 Å². The predicted molar refractivity (Wildman–Crippen MR) is 123 cm³/mol. The fraction of sp³-hybridized carbons (Fsp3) is 0.318. The van der Waals surface area contributed by atoms with Crippen LogP contribution in [0.4, 0.5) is 5.82 Å². The summed E-state index contributed by atoms with van der Waals surface area (Å²) in [5.41, 5.74) is 15.9. The standard InChI is InChI=1S/C22H26N6O2.ClH/c1-11(22(30)25-10-13-7-8-18(23)26-12(13)2)19-20-15(9-17(28-19)21(24)29)14-5-3-4-6-16(14)27-20;/h3-8,11,17,19,27-28H,9-10H2,1-2H3,(H2,23,26)(H2,24,29)(H,25,30);1H/t11-,17?,19?;/m0./s1. The highest BCUT2D eigenvalue weighted by Gasteiger charge is 2.37. The number of aromatic nitrogens is 2. The van der Waals surface area contributed by atoms with Gasteiger partial charge in [0, 0.05) is 28.8 Å². The number of pyridine rings is 1. The molecule has 3 atom stereocenters. The van der Waals surface area contributed by atoms with Gasteiger partial charge >= 0.3 is 0 Å². The third kappa shape index (κ3) is 4.35. The largest absolute Gasteiger partial charge is 0.384 e. The Labute approximate surface area is 186 Å². The van der Waals surface area contributed by atoms with Crippen molar-refractivity contribution in [2.75, 3.05) is 5.73 Å². The predicted octanol–water partition coefficient (Wildman–Crippen LogP) is 1.87. The number of rotatable bonds is 5. The summed E-state index contributed by atoms with van der Waals surface area (Å²) < 4.78 is 0. The van der Waals surface area contributed by atoms with E-state index in [-0.39, 0.29) is 24.4 Å². The number of halogens is 1. The molecule has 0 fully saturated rings.